The molecule has 1 saturated heterocycles. The van der Waals surface area contributed by atoms with Crippen LogP contribution in [-0.4, -0.2) is 12.6 Å². The summed E-state index contributed by atoms with van der Waals surface area (Å²) in [6.07, 6.45) is 4.15. The third kappa shape index (κ3) is 3.43. The molecule has 0 radical (unpaired) electrons. The summed E-state index contributed by atoms with van der Waals surface area (Å²) in [4.78, 5) is 0. The van der Waals surface area contributed by atoms with E-state index in [-0.39, 0.29) is 12.4 Å². The molecule has 0 saturated carbocycles. The molecule has 1 aliphatic rings. The van der Waals surface area contributed by atoms with Crippen molar-refractivity contribution in [2.24, 2.45) is 5.92 Å². The highest BCUT2D eigenvalue weighted by molar-refractivity contribution is 5.85. The lowest BCUT2D eigenvalue weighted by Gasteiger charge is -2.11. The van der Waals surface area contributed by atoms with Crippen molar-refractivity contribution in [1.82, 2.24) is 5.32 Å². The zero-order valence-corrected chi connectivity index (χ0v) is 7.71. The van der Waals surface area contributed by atoms with Crippen LogP contribution in [0.3, 0.4) is 0 Å². The van der Waals surface area contributed by atoms with E-state index in [0.717, 1.165) is 12.0 Å². The minimum Gasteiger partial charge on any atom is -0.314 e. The van der Waals surface area contributed by atoms with Gasteiger partial charge in [0.15, 0.2) is 0 Å². The molecule has 0 unspecified atom stereocenters. The summed E-state index contributed by atoms with van der Waals surface area (Å²) in [5.41, 5.74) is 0. The molecule has 0 aromatic rings. The summed E-state index contributed by atoms with van der Waals surface area (Å²) in [7, 11) is 0. The number of nitrogens with one attached hydrogen (secondary N) is 1. The van der Waals surface area contributed by atoms with E-state index in [1.54, 1.807) is 0 Å². The Labute approximate surface area is 70.0 Å². The van der Waals surface area contributed by atoms with E-state index in [1.807, 2.05) is 0 Å². The predicted octanol–water partition coefficient (Wildman–Crippen LogP) is 2.21. The lowest BCUT2D eigenvalue weighted by atomic mass is 10.0. The summed E-state index contributed by atoms with van der Waals surface area (Å²) < 4.78 is 0. The summed E-state index contributed by atoms with van der Waals surface area (Å²) >= 11 is 0. The van der Waals surface area contributed by atoms with Crippen LogP contribution < -0.4 is 5.32 Å². The van der Waals surface area contributed by atoms with E-state index in [4.69, 9.17) is 0 Å². The van der Waals surface area contributed by atoms with Crippen LogP contribution in [0, 0.1) is 5.92 Å². The fraction of sp³-hybridized carbons (Fsp3) is 1.00. The highest BCUT2D eigenvalue weighted by Gasteiger charge is 2.14. The first-order chi connectivity index (χ1) is 4.29. The highest BCUT2D eigenvalue weighted by Crippen LogP contribution is 2.13. The molecule has 0 aromatic carbocycles. The molecule has 1 N–H and O–H groups in total. The topological polar surface area (TPSA) is 12.0 Å². The molecule has 1 fully saturated rings. The summed E-state index contributed by atoms with van der Waals surface area (Å²) in [6.45, 7) is 5.83. The van der Waals surface area contributed by atoms with Gasteiger partial charge >= 0.3 is 0 Å². The first kappa shape index (κ1) is 10.2. The van der Waals surface area contributed by atoms with E-state index >= 15 is 0 Å². The third-order valence-electron chi connectivity index (χ3n) is 1.92. The normalized spacial score (nSPS) is 24.9. The second kappa shape index (κ2) is 4.97. The maximum Gasteiger partial charge on any atom is 0.00699 e. The molecule has 0 amide bonds. The zero-order chi connectivity index (χ0) is 6.69. The second-order valence-corrected chi connectivity index (χ2v) is 3.42. The first-order valence-corrected chi connectivity index (χ1v) is 4.02. The minimum atomic E-state index is 0. The molecular formula is C8H18ClN. The van der Waals surface area contributed by atoms with Gasteiger partial charge in [-0.15, -0.1) is 12.4 Å². The van der Waals surface area contributed by atoms with Crippen LogP contribution in [0.2, 0.25) is 0 Å². The fourth-order valence-electron chi connectivity index (χ4n) is 1.53. The Hall–Kier alpha value is 0.250. The maximum atomic E-state index is 3.49. The van der Waals surface area contributed by atoms with Crippen molar-refractivity contribution >= 4 is 12.4 Å². The molecule has 1 atom stereocenters. The largest absolute Gasteiger partial charge is 0.314 e. The fourth-order valence-corrected chi connectivity index (χ4v) is 1.53. The molecule has 2 heteroatoms. The molecule has 0 aromatic heterocycles. The SMILES string of the molecule is CC(C)C[C@@H]1CCCN1.Cl. The molecule has 62 valence electrons. The molecule has 1 aliphatic heterocycles. The summed E-state index contributed by atoms with van der Waals surface area (Å²) in [5, 5.41) is 3.49. The van der Waals surface area contributed by atoms with Crippen molar-refractivity contribution in [2.45, 2.75) is 39.2 Å². The summed E-state index contributed by atoms with van der Waals surface area (Å²) in [5.74, 6) is 0.862. The average Bonchev–Trinajstić information content (AvgIpc) is 2.15. The van der Waals surface area contributed by atoms with Gasteiger partial charge in [-0.1, -0.05) is 13.8 Å². The lowest BCUT2D eigenvalue weighted by molar-refractivity contribution is 0.464. The monoisotopic (exact) mass is 163 g/mol. The van der Waals surface area contributed by atoms with E-state index in [1.165, 1.54) is 25.8 Å². The highest BCUT2D eigenvalue weighted by atomic mass is 35.5. The van der Waals surface area contributed by atoms with E-state index < -0.39 is 0 Å². The minimum absolute atomic E-state index is 0. The van der Waals surface area contributed by atoms with Gasteiger partial charge in [-0.2, -0.15) is 0 Å². The Balaban J connectivity index is 0.000000810. The summed E-state index contributed by atoms with van der Waals surface area (Å²) in [6, 6.07) is 0.838. The number of rotatable bonds is 2. The van der Waals surface area contributed by atoms with Gasteiger partial charge in [0, 0.05) is 6.04 Å². The van der Waals surface area contributed by atoms with Gasteiger partial charge in [0.1, 0.15) is 0 Å². The van der Waals surface area contributed by atoms with Crippen LogP contribution in [0.15, 0.2) is 0 Å². The lowest BCUT2D eigenvalue weighted by Crippen LogP contribution is -2.22. The van der Waals surface area contributed by atoms with Crippen molar-refractivity contribution in [3.63, 3.8) is 0 Å². The number of hydrogen-bond acceptors (Lipinski definition) is 1. The van der Waals surface area contributed by atoms with Crippen LogP contribution in [0.1, 0.15) is 33.1 Å². The molecule has 0 bridgehead atoms. The number of halogens is 1. The van der Waals surface area contributed by atoms with E-state index in [2.05, 4.69) is 19.2 Å². The van der Waals surface area contributed by atoms with E-state index in [0.29, 0.717) is 0 Å². The van der Waals surface area contributed by atoms with Gasteiger partial charge in [0.25, 0.3) is 0 Å². The number of hydrogen-bond donors (Lipinski definition) is 1. The molecular weight excluding hydrogens is 146 g/mol. The average molecular weight is 164 g/mol. The Morgan fingerprint density at radius 2 is 2.20 bits per heavy atom. The van der Waals surface area contributed by atoms with Crippen LogP contribution in [0.25, 0.3) is 0 Å². The van der Waals surface area contributed by atoms with Crippen LogP contribution in [0.5, 0.6) is 0 Å². The van der Waals surface area contributed by atoms with Gasteiger partial charge in [-0.3, -0.25) is 0 Å². The van der Waals surface area contributed by atoms with Crippen molar-refractivity contribution < 1.29 is 0 Å². The van der Waals surface area contributed by atoms with Crippen molar-refractivity contribution in [2.75, 3.05) is 6.54 Å². The zero-order valence-electron chi connectivity index (χ0n) is 6.89. The van der Waals surface area contributed by atoms with Crippen molar-refractivity contribution in [1.29, 1.82) is 0 Å². The maximum absolute atomic E-state index is 3.49. The Morgan fingerprint density at radius 1 is 1.50 bits per heavy atom. The van der Waals surface area contributed by atoms with Gasteiger partial charge in [-0.25, -0.2) is 0 Å². The van der Waals surface area contributed by atoms with E-state index in [9.17, 15) is 0 Å². The van der Waals surface area contributed by atoms with Crippen LogP contribution in [-0.2, 0) is 0 Å². The van der Waals surface area contributed by atoms with Crippen LogP contribution in [0.4, 0.5) is 0 Å². The van der Waals surface area contributed by atoms with Gasteiger partial charge in [-0.05, 0) is 31.7 Å². The molecule has 1 rings (SSSR count). The Morgan fingerprint density at radius 3 is 2.60 bits per heavy atom. The predicted molar refractivity (Wildman–Crippen MR) is 47.7 cm³/mol. The van der Waals surface area contributed by atoms with Crippen LogP contribution >= 0.6 is 12.4 Å². The standard InChI is InChI=1S/C8H17N.ClH/c1-7(2)6-8-4-3-5-9-8;/h7-9H,3-6H2,1-2H3;1H/t8-;/m0./s1. The van der Waals surface area contributed by atoms with Crippen molar-refractivity contribution in [3.8, 4) is 0 Å². The van der Waals surface area contributed by atoms with Crippen molar-refractivity contribution in [3.05, 3.63) is 0 Å². The quantitative estimate of drug-likeness (QED) is 0.659. The molecule has 0 spiro atoms. The van der Waals surface area contributed by atoms with Gasteiger partial charge < -0.3 is 5.32 Å². The van der Waals surface area contributed by atoms with Gasteiger partial charge in [0.05, 0.1) is 0 Å². The molecule has 0 aliphatic carbocycles. The molecule has 1 nitrogen and oxygen atoms in total. The smallest absolute Gasteiger partial charge is 0.00699 e. The second-order valence-electron chi connectivity index (χ2n) is 3.42. The Bertz CT molecular complexity index is 77.3. The third-order valence-corrected chi connectivity index (χ3v) is 1.92. The van der Waals surface area contributed by atoms with Gasteiger partial charge in [0.2, 0.25) is 0 Å². The molecule has 10 heavy (non-hydrogen) atoms. The first-order valence-electron chi connectivity index (χ1n) is 4.02. The molecule has 1 heterocycles. The Kier molecular flexibility index (Phi) is 5.10.